The minimum atomic E-state index is -0.173. The minimum Gasteiger partial charge on any atom is -0.380 e. The van der Waals surface area contributed by atoms with Gasteiger partial charge < -0.3 is 5.32 Å². The first-order valence-corrected chi connectivity index (χ1v) is 7.28. The molecule has 98 valence electrons. The minimum absolute atomic E-state index is 0.173. The number of hydrogen-bond acceptors (Lipinski definition) is 1. The molecule has 19 heavy (non-hydrogen) atoms. The van der Waals surface area contributed by atoms with Crippen LogP contribution >= 0.6 is 15.9 Å². The second-order valence-corrected chi connectivity index (χ2v) is 5.96. The summed E-state index contributed by atoms with van der Waals surface area (Å²) in [6.45, 7) is 0. The summed E-state index contributed by atoms with van der Waals surface area (Å²) < 4.78 is 14.6. The SMILES string of the molecule is Fc1ccccc1NC1CC(c2cccc(Br)c2)C1. The van der Waals surface area contributed by atoms with Gasteiger partial charge in [0, 0.05) is 10.5 Å². The lowest BCUT2D eigenvalue weighted by molar-refractivity contribution is 0.373. The first kappa shape index (κ1) is 12.7. The van der Waals surface area contributed by atoms with Crippen molar-refractivity contribution in [3.05, 3.63) is 64.4 Å². The summed E-state index contributed by atoms with van der Waals surface area (Å²) in [7, 11) is 0. The Morgan fingerprint density at radius 2 is 1.84 bits per heavy atom. The predicted octanol–water partition coefficient (Wildman–Crippen LogP) is 4.95. The van der Waals surface area contributed by atoms with Crippen molar-refractivity contribution >= 4 is 21.6 Å². The molecule has 1 N–H and O–H groups in total. The van der Waals surface area contributed by atoms with Crippen LogP contribution in [0.2, 0.25) is 0 Å². The summed E-state index contributed by atoms with van der Waals surface area (Å²) in [5, 5.41) is 3.27. The van der Waals surface area contributed by atoms with E-state index in [1.807, 2.05) is 12.1 Å². The van der Waals surface area contributed by atoms with E-state index in [0.29, 0.717) is 17.6 Å². The average molecular weight is 320 g/mol. The Balaban J connectivity index is 1.60. The number of benzene rings is 2. The molecule has 0 aromatic heterocycles. The van der Waals surface area contributed by atoms with Crippen LogP contribution in [0.3, 0.4) is 0 Å². The fraction of sp³-hybridized carbons (Fsp3) is 0.250. The van der Waals surface area contributed by atoms with E-state index in [0.717, 1.165) is 17.3 Å². The van der Waals surface area contributed by atoms with E-state index in [-0.39, 0.29) is 5.82 Å². The number of rotatable bonds is 3. The third-order valence-corrected chi connectivity index (χ3v) is 4.18. The Morgan fingerprint density at radius 1 is 1.05 bits per heavy atom. The summed E-state index contributed by atoms with van der Waals surface area (Å²) in [6, 6.07) is 15.7. The molecule has 3 rings (SSSR count). The molecule has 0 saturated heterocycles. The van der Waals surface area contributed by atoms with Crippen molar-refractivity contribution in [3.63, 3.8) is 0 Å². The van der Waals surface area contributed by atoms with Gasteiger partial charge in [0.05, 0.1) is 5.69 Å². The molecule has 0 spiro atoms. The van der Waals surface area contributed by atoms with E-state index in [4.69, 9.17) is 0 Å². The Labute approximate surface area is 121 Å². The van der Waals surface area contributed by atoms with E-state index < -0.39 is 0 Å². The van der Waals surface area contributed by atoms with Crippen molar-refractivity contribution in [2.45, 2.75) is 24.8 Å². The van der Waals surface area contributed by atoms with Crippen molar-refractivity contribution in [2.75, 3.05) is 5.32 Å². The van der Waals surface area contributed by atoms with E-state index in [9.17, 15) is 4.39 Å². The van der Waals surface area contributed by atoms with Crippen LogP contribution in [0.5, 0.6) is 0 Å². The van der Waals surface area contributed by atoms with Gasteiger partial charge in [0.2, 0.25) is 0 Å². The second kappa shape index (κ2) is 5.33. The maximum absolute atomic E-state index is 13.5. The van der Waals surface area contributed by atoms with Crippen LogP contribution < -0.4 is 5.32 Å². The molecule has 0 aliphatic heterocycles. The van der Waals surface area contributed by atoms with Gasteiger partial charge in [-0.05, 0) is 48.6 Å². The fourth-order valence-electron chi connectivity index (χ4n) is 2.57. The molecule has 1 saturated carbocycles. The third-order valence-electron chi connectivity index (χ3n) is 3.69. The number of anilines is 1. The van der Waals surface area contributed by atoms with Crippen molar-refractivity contribution < 1.29 is 4.39 Å². The largest absolute Gasteiger partial charge is 0.380 e. The molecule has 1 nitrogen and oxygen atoms in total. The molecule has 1 fully saturated rings. The molecule has 0 bridgehead atoms. The number of nitrogens with one attached hydrogen (secondary N) is 1. The van der Waals surface area contributed by atoms with E-state index in [1.165, 1.54) is 11.6 Å². The molecule has 0 radical (unpaired) electrons. The predicted molar refractivity (Wildman–Crippen MR) is 79.9 cm³/mol. The molecule has 1 aliphatic rings. The highest BCUT2D eigenvalue weighted by molar-refractivity contribution is 9.10. The number of para-hydroxylation sites is 1. The Morgan fingerprint density at radius 3 is 2.58 bits per heavy atom. The van der Waals surface area contributed by atoms with Crippen molar-refractivity contribution in [3.8, 4) is 0 Å². The zero-order valence-corrected chi connectivity index (χ0v) is 12.0. The van der Waals surface area contributed by atoms with Crippen LogP contribution in [-0.4, -0.2) is 6.04 Å². The maximum atomic E-state index is 13.5. The van der Waals surface area contributed by atoms with Gasteiger partial charge >= 0.3 is 0 Å². The lowest BCUT2D eigenvalue weighted by Gasteiger charge is -2.37. The van der Waals surface area contributed by atoms with Crippen LogP contribution in [0.25, 0.3) is 0 Å². The lowest BCUT2D eigenvalue weighted by atomic mass is 9.76. The summed E-state index contributed by atoms with van der Waals surface area (Å²) in [5.74, 6) is 0.412. The molecule has 2 aromatic carbocycles. The lowest BCUT2D eigenvalue weighted by Crippen LogP contribution is -2.34. The van der Waals surface area contributed by atoms with Gasteiger partial charge in [0.15, 0.2) is 0 Å². The maximum Gasteiger partial charge on any atom is 0.146 e. The molecular weight excluding hydrogens is 305 g/mol. The Bertz CT molecular complexity index is 578. The van der Waals surface area contributed by atoms with Gasteiger partial charge in [-0.25, -0.2) is 4.39 Å². The number of halogens is 2. The van der Waals surface area contributed by atoms with Crippen molar-refractivity contribution in [1.29, 1.82) is 0 Å². The molecule has 0 amide bonds. The van der Waals surface area contributed by atoms with E-state index in [1.54, 1.807) is 12.1 Å². The quantitative estimate of drug-likeness (QED) is 0.844. The monoisotopic (exact) mass is 319 g/mol. The van der Waals surface area contributed by atoms with Gasteiger partial charge in [0.25, 0.3) is 0 Å². The van der Waals surface area contributed by atoms with Crippen LogP contribution in [0, 0.1) is 5.82 Å². The van der Waals surface area contributed by atoms with Gasteiger partial charge in [-0.15, -0.1) is 0 Å². The van der Waals surface area contributed by atoms with Crippen LogP contribution in [0.1, 0.15) is 24.3 Å². The summed E-state index contributed by atoms with van der Waals surface area (Å²) in [4.78, 5) is 0. The summed E-state index contributed by atoms with van der Waals surface area (Å²) >= 11 is 3.50. The van der Waals surface area contributed by atoms with Crippen LogP contribution in [0.15, 0.2) is 53.0 Å². The Kier molecular flexibility index (Phi) is 3.56. The first-order chi connectivity index (χ1) is 9.22. The first-order valence-electron chi connectivity index (χ1n) is 6.49. The highest BCUT2D eigenvalue weighted by Crippen LogP contribution is 2.39. The standard InChI is InChI=1S/C16H15BrFN/c17-13-5-3-4-11(8-13)12-9-14(10-12)19-16-7-2-1-6-15(16)18/h1-8,12,14,19H,9-10H2. The van der Waals surface area contributed by atoms with Gasteiger partial charge in [-0.2, -0.15) is 0 Å². The van der Waals surface area contributed by atoms with Crippen LogP contribution in [0.4, 0.5) is 10.1 Å². The summed E-state index contributed by atoms with van der Waals surface area (Å²) in [5.41, 5.74) is 1.97. The van der Waals surface area contributed by atoms with E-state index >= 15 is 0 Å². The molecule has 3 heteroatoms. The van der Waals surface area contributed by atoms with Crippen LogP contribution in [-0.2, 0) is 0 Å². The fourth-order valence-corrected chi connectivity index (χ4v) is 2.98. The summed E-state index contributed by atoms with van der Waals surface area (Å²) in [6.07, 6.45) is 2.12. The normalized spacial score (nSPS) is 21.8. The van der Waals surface area contributed by atoms with Gasteiger partial charge in [0.1, 0.15) is 5.82 Å². The highest BCUT2D eigenvalue weighted by atomic mass is 79.9. The highest BCUT2D eigenvalue weighted by Gasteiger charge is 2.30. The molecule has 0 unspecified atom stereocenters. The smallest absolute Gasteiger partial charge is 0.146 e. The van der Waals surface area contributed by atoms with Crippen molar-refractivity contribution in [2.24, 2.45) is 0 Å². The molecule has 0 atom stereocenters. The molecular formula is C16H15BrFN. The zero-order chi connectivity index (χ0) is 13.2. The molecule has 2 aromatic rings. The van der Waals surface area contributed by atoms with Crippen molar-refractivity contribution in [1.82, 2.24) is 0 Å². The average Bonchev–Trinajstić information content (AvgIpc) is 2.35. The van der Waals surface area contributed by atoms with E-state index in [2.05, 4.69) is 39.4 Å². The zero-order valence-electron chi connectivity index (χ0n) is 10.4. The molecule has 0 heterocycles. The molecule has 1 aliphatic carbocycles. The topological polar surface area (TPSA) is 12.0 Å². The second-order valence-electron chi connectivity index (χ2n) is 5.04. The van der Waals surface area contributed by atoms with Gasteiger partial charge in [-0.3, -0.25) is 0 Å². The number of hydrogen-bond donors (Lipinski definition) is 1. The third kappa shape index (κ3) is 2.81. The Hall–Kier alpha value is -1.35. The van der Waals surface area contributed by atoms with Gasteiger partial charge in [-0.1, -0.05) is 40.2 Å².